The van der Waals surface area contributed by atoms with Crippen LogP contribution in [0.5, 0.6) is 0 Å². The molecule has 0 unspecified atom stereocenters. The number of nitrogens with one attached hydrogen (secondary N) is 2. The van der Waals surface area contributed by atoms with Crippen LogP contribution in [0.15, 0.2) is 24.3 Å². The van der Waals surface area contributed by atoms with Gasteiger partial charge in [0.1, 0.15) is 10.6 Å². The van der Waals surface area contributed by atoms with Crippen molar-refractivity contribution in [3.8, 4) is 0 Å². The highest BCUT2D eigenvalue weighted by Crippen LogP contribution is 2.38. The van der Waals surface area contributed by atoms with Gasteiger partial charge >= 0.3 is 0 Å². The van der Waals surface area contributed by atoms with Crippen LogP contribution in [-0.4, -0.2) is 36.0 Å². The van der Waals surface area contributed by atoms with Crippen LogP contribution in [0.4, 0.5) is 10.7 Å². The van der Waals surface area contributed by atoms with Crippen molar-refractivity contribution in [2.45, 2.75) is 44.6 Å². The van der Waals surface area contributed by atoms with Gasteiger partial charge in [-0.25, -0.2) is 0 Å². The monoisotopic (exact) mass is 429 g/mol. The van der Waals surface area contributed by atoms with E-state index in [4.69, 9.17) is 4.74 Å². The fourth-order valence-corrected chi connectivity index (χ4v) is 5.27. The van der Waals surface area contributed by atoms with E-state index in [-0.39, 0.29) is 23.3 Å². The van der Waals surface area contributed by atoms with Crippen LogP contribution in [0.3, 0.4) is 0 Å². The van der Waals surface area contributed by atoms with Crippen molar-refractivity contribution < 1.29 is 19.2 Å². The molecule has 0 spiro atoms. The van der Waals surface area contributed by atoms with E-state index in [1.807, 2.05) is 0 Å². The summed E-state index contributed by atoms with van der Waals surface area (Å²) in [5.74, 6) is -0.822. The lowest BCUT2D eigenvalue weighted by molar-refractivity contribution is -0.385. The Labute approximate surface area is 177 Å². The summed E-state index contributed by atoms with van der Waals surface area (Å²) in [6.45, 7) is 1.15. The van der Waals surface area contributed by atoms with Gasteiger partial charge in [-0.2, -0.15) is 0 Å². The number of aryl methyl sites for hydroxylation is 1. The molecule has 1 aliphatic heterocycles. The van der Waals surface area contributed by atoms with Crippen molar-refractivity contribution in [3.05, 3.63) is 55.9 Å². The SMILES string of the molecule is O=C(Nc1sc2c(c1C(=O)NC[C@@H]1CCCO1)CCCC2)c1ccccc1[N+](=O)[O-]. The van der Waals surface area contributed by atoms with Crippen LogP contribution in [0.1, 0.15) is 56.8 Å². The molecule has 1 aromatic heterocycles. The molecule has 0 saturated carbocycles. The summed E-state index contributed by atoms with van der Waals surface area (Å²) >= 11 is 1.39. The molecule has 2 heterocycles. The van der Waals surface area contributed by atoms with E-state index >= 15 is 0 Å². The average Bonchev–Trinajstić information content (AvgIpc) is 3.39. The van der Waals surface area contributed by atoms with Crippen molar-refractivity contribution >= 4 is 33.8 Å². The van der Waals surface area contributed by atoms with Gasteiger partial charge < -0.3 is 15.4 Å². The first-order chi connectivity index (χ1) is 14.5. The van der Waals surface area contributed by atoms with Crippen molar-refractivity contribution in [1.82, 2.24) is 5.32 Å². The number of benzene rings is 1. The molecule has 2 aliphatic rings. The average molecular weight is 429 g/mol. The quantitative estimate of drug-likeness (QED) is 0.537. The molecule has 0 bridgehead atoms. The summed E-state index contributed by atoms with van der Waals surface area (Å²) in [4.78, 5) is 37.7. The molecule has 2 amide bonds. The van der Waals surface area contributed by atoms with Crippen molar-refractivity contribution in [2.24, 2.45) is 0 Å². The molecule has 1 atom stereocenters. The molecule has 2 N–H and O–H groups in total. The highest BCUT2D eigenvalue weighted by Gasteiger charge is 2.28. The second-order valence-electron chi connectivity index (χ2n) is 7.49. The number of carbonyl (C=O) groups is 2. The summed E-state index contributed by atoms with van der Waals surface area (Å²) in [6, 6.07) is 5.81. The first-order valence-corrected chi connectivity index (χ1v) is 11.0. The highest BCUT2D eigenvalue weighted by atomic mass is 32.1. The van der Waals surface area contributed by atoms with E-state index in [1.54, 1.807) is 6.07 Å². The van der Waals surface area contributed by atoms with Gasteiger partial charge in [-0.05, 0) is 50.2 Å². The summed E-state index contributed by atoms with van der Waals surface area (Å²) in [7, 11) is 0. The molecule has 1 saturated heterocycles. The molecular weight excluding hydrogens is 406 g/mol. The number of hydrogen-bond donors (Lipinski definition) is 2. The molecule has 2 aromatic rings. The minimum Gasteiger partial charge on any atom is -0.376 e. The Morgan fingerprint density at radius 1 is 1.17 bits per heavy atom. The smallest absolute Gasteiger partial charge is 0.282 e. The fraction of sp³-hybridized carbons (Fsp3) is 0.429. The summed E-state index contributed by atoms with van der Waals surface area (Å²) in [6.07, 6.45) is 5.63. The molecule has 0 radical (unpaired) electrons. The standard InChI is InChI=1S/C21H23N3O5S/c25-19(14-7-1-3-9-16(14)24(27)28)23-21-18(15-8-2-4-10-17(15)30-21)20(26)22-12-13-6-5-11-29-13/h1,3,7,9,13H,2,4-6,8,10-12H2,(H,22,26)(H,23,25)/t13-/m0/s1. The van der Waals surface area contributed by atoms with E-state index in [9.17, 15) is 19.7 Å². The fourth-order valence-electron chi connectivity index (χ4n) is 3.99. The minimum atomic E-state index is -0.589. The van der Waals surface area contributed by atoms with E-state index < -0.39 is 10.8 Å². The molecule has 9 heteroatoms. The van der Waals surface area contributed by atoms with Gasteiger partial charge in [0, 0.05) is 24.1 Å². The third-order valence-corrected chi connectivity index (χ3v) is 6.69. The lowest BCUT2D eigenvalue weighted by Gasteiger charge is -2.15. The molecule has 8 nitrogen and oxygen atoms in total. The summed E-state index contributed by atoms with van der Waals surface area (Å²) in [5, 5.41) is 17.4. The van der Waals surface area contributed by atoms with Gasteiger partial charge in [0.15, 0.2) is 0 Å². The number of nitro groups is 1. The lowest BCUT2D eigenvalue weighted by atomic mass is 9.95. The Hall–Kier alpha value is -2.78. The van der Waals surface area contributed by atoms with Gasteiger partial charge in [-0.15, -0.1) is 11.3 Å². The predicted molar refractivity (Wildman–Crippen MR) is 113 cm³/mol. The Bertz CT molecular complexity index is 981. The van der Waals surface area contributed by atoms with Crippen LogP contribution < -0.4 is 10.6 Å². The number of hydrogen-bond acceptors (Lipinski definition) is 6. The number of para-hydroxylation sites is 1. The van der Waals surface area contributed by atoms with Crippen LogP contribution in [-0.2, 0) is 17.6 Å². The maximum Gasteiger partial charge on any atom is 0.282 e. The summed E-state index contributed by atoms with van der Waals surface area (Å²) < 4.78 is 5.58. The predicted octanol–water partition coefficient (Wildman–Crippen LogP) is 3.70. The number of ether oxygens (including phenoxy) is 1. The first kappa shape index (κ1) is 20.5. The van der Waals surface area contributed by atoms with Crippen LogP contribution in [0.25, 0.3) is 0 Å². The number of nitrogens with zero attached hydrogens (tertiary/aromatic N) is 1. The van der Waals surface area contributed by atoms with Gasteiger partial charge in [-0.3, -0.25) is 19.7 Å². The van der Waals surface area contributed by atoms with Crippen molar-refractivity contribution in [1.29, 1.82) is 0 Å². The zero-order chi connectivity index (χ0) is 21.1. The molecule has 4 rings (SSSR count). The maximum atomic E-state index is 13.0. The molecule has 158 valence electrons. The second kappa shape index (κ2) is 8.93. The van der Waals surface area contributed by atoms with E-state index in [0.717, 1.165) is 49.0 Å². The van der Waals surface area contributed by atoms with Crippen molar-refractivity contribution in [3.63, 3.8) is 0 Å². The van der Waals surface area contributed by atoms with Gasteiger partial charge in [0.2, 0.25) is 0 Å². The number of carbonyl (C=O) groups excluding carboxylic acids is 2. The number of amides is 2. The Balaban J connectivity index is 1.59. The zero-order valence-corrected chi connectivity index (χ0v) is 17.3. The largest absolute Gasteiger partial charge is 0.376 e. The van der Waals surface area contributed by atoms with Crippen LogP contribution in [0, 0.1) is 10.1 Å². The van der Waals surface area contributed by atoms with Gasteiger partial charge in [0.05, 0.1) is 16.6 Å². The lowest BCUT2D eigenvalue weighted by Crippen LogP contribution is -2.32. The molecule has 1 fully saturated rings. The van der Waals surface area contributed by atoms with E-state index in [0.29, 0.717) is 23.7 Å². The van der Waals surface area contributed by atoms with Crippen LogP contribution >= 0.6 is 11.3 Å². The van der Waals surface area contributed by atoms with E-state index in [1.165, 1.54) is 29.5 Å². The number of thiophene rings is 1. The topological polar surface area (TPSA) is 111 Å². The second-order valence-corrected chi connectivity index (χ2v) is 8.59. The van der Waals surface area contributed by atoms with Gasteiger partial charge in [-0.1, -0.05) is 12.1 Å². The molecule has 1 aromatic carbocycles. The van der Waals surface area contributed by atoms with Crippen molar-refractivity contribution in [2.75, 3.05) is 18.5 Å². The third kappa shape index (κ3) is 4.22. The first-order valence-electron chi connectivity index (χ1n) is 10.1. The molecule has 1 aliphatic carbocycles. The Morgan fingerprint density at radius 3 is 2.73 bits per heavy atom. The molecular formula is C21H23N3O5S. The number of rotatable bonds is 6. The molecule has 30 heavy (non-hydrogen) atoms. The van der Waals surface area contributed by atoms with E-state index in [2.05, 4.69) is 10.6 Å². The summed E-state index contributed by atoms with van der Waals surface area (Å²) in [5.41, 5.74) is 1.17. The Morgan fingerprint density at radius 2 is 1.97 bits per heavy atom. The number of fused-ring (bicyclic) bond motifs is 1. The van der Waals surface area contributed by atoms with Gasteiger partial charge in [0.25, 0.3) is 17.5 Å². The number of anilines is 1. The number of nitro benzene ring substituents is 1. The highest BCUT2D eigenvalue weighted by molar-refractivity contribution is 7.17. The minimum absolute atomic E-state index is 0.0217. The third-order valence-electron chi connectivity index (χ3n) is 5.49. The van der Waals surface area contributed by atoms with Crippen LogP contribution in [0.2, 0.25) is 0 Å². The normalized spacial score (nSPS) is 17.9. The Kier molecular flexibility index (Phi) is 6.10. The maximum absolute atomic E-state index is 13.0. The zero-order valence-electron chi connectivity index (χ0n) is 16.4.